The van der Waals surface area contributed by atoms with Crippen molar-refractivity contribution < 1.29 is 4.42 Å². The van der Waals surface area contributed by atoms with E-state index in [-0.39, 0.29) is 0 Å². The van der Waals surface area contributed by atoms with Gasteiger partial charge in [0.15, 0.2) is 12.2 Å². The van der Waals surface area contributed by atoms with E-state index in [9.17, 15) is 0 Å². The molecule has 3 heteroatoms. The lowest BCUT2D eigenvalue weighted by Crippen LogP contribution is -2.04. The van der Waals surface area contributed by atoms with Gasteiger partial charge in [-0.25, -0.2) is 4.98 Å². The molecule has 1 heterocycles. The molecule has 0 unspecified atom stereocenters. The van der Waals surface area contributed by atoms with E-state index in [4.69, 9.17) is 4.42 Å². The Kier molecular flexibility index (Phi) is 2.60. The fourth-order valence-electron chi connectivity index (χ4n) is 1.40. The zero-order valence-corrected chi connectivity index (χ0v) is 8.03. The molecule has 0 amide bonds. The number of oxazole rings is 1. The van der Waals surface area contributed by atoms with Crippen LogP contribution in [0.3, 0.4) is 0 Å². The molecule has 0 atom stereocenters. The van der Waals surface area contributed by atoms with Crippen LogP contribution < -0.4 is 5.32 Å². The smallest absolute Gasteiger partial charge is 0.181 e. The minimum atomic E-state index is 0.808. The molecular formula is C11H12N2O. The van der Waals surface area contributed by atoms with Crippen LogP contribution in [0.15, 0.2) is 41.3 Å². The molecule has 1 aromatic heterocycles. The summed E-state index contributed by atoms with van der Waals surface area (Å²) in [5.74, 6) is 0.808. The van der Waals surface area contributed by atoms with Gasteiger partial charge in [0.25, 0.3) is 0 Å². The van der Waals surface area contributed by atoms with Crippen LogP contribution in [0.5, 0.6) is 0 Å². The van der Waals surface area contributed by atoms with Crippen LogP contribution in [0, 0.1) is 0 Å². The van der Waals surface area contributed by atoms with E-state index < -0.39 is 0 Å². The summed E-state index contributed by atoms with van der Waals surface area (Å²) in [4.78, 5) is 3.89. The maximum atomic E-state index is 5.22. The van der Waals surface area contributed by atoms with E-state index in [1.54, 1.807) is 6.20 Å². The van der Waals surface area contributed by atoms with Crippen molar-refractivity contribution in [3.8, 4) is 11.3 Å². The van der Waals surface area contributed by atoms with Gasteiger partial charge in [0.1, 0.15) is 0 Å². The summed E-state index contributed by atoms with van der Waals surface area (Å²) in [6.45, 7) is 0.863. The predicted molar refractivity (Wildman–Crippen MR) is 54.7 cm³/mol. The SMILES string of the molecule is CNCc1cccc(-c2cnco2)c1. The van der Waals surface area contributed by atoms with Gasteiger partial charge in [-0.1, -0.05) is 18.2 Å². The van der Waals surface area contributed by atoms with Crippen molar-refractivity contribution in [1.29, 1.82) is 0 Å². The minimum Gasteiger partial charge on any atom is -0.444 e. The van der Waals surface area contributed by atoms with Gasteiger partial charge in [0.05, 0.1) is 6.20 Å². The molecule has 1 N–H and O–H groups in total. The maximum Gasteiger partial charge on any atom is 0.181 e. The first kappa shape index (κ1) is 8.97. The lowest BCUT2D eigenvalue weighted by molar-refractivity contribution is 0.572. The molecule has 0 aliphatic heterocycles. The minimum absolute atomic E-state index is 0.808. The highest BCUT2D eigenvalue weighted by atomic mass is 16.3. The highest BCUT2D eigenvalue weighted by molar-refractivity contribution is 5.57. The van der Waals surface area contributed by atoms with Crippen molar-refractivity contribution in [3.05, 3.63) is 42.4 Å². The largest absolute Gasteiger partial charge is 0.444 e. The van der Waals surface area contributed by atoms with Crippen LogP contribution >= 0.6 is 0 Å². The van der Waals surface area contributed by atoms with Crippen molar-refractivity contribution in [2.24, 2.45) is 0 Å². The number of hydrogen-bond donors (Lipinski definition) is 1. The lowest BCUT2D eigenvalue weighted by Gasteiger charge is -2.01. The number of benzene rings is 1. The van der Waals surface area contributed by atoms with Gasteiger partial charge in [-0.05, 0) is 18.7 Å². The second-order valence-electron chi connectivity index (χ2n) is 3.10. The van der Waals surface area contributed by atoms with Crippen LogP contribution in [0.2, 0.25) is 0 Å². The molecular weight excluding hydrogens is 176 g/mol. The van der Waals surface area contributed by atoms with Gasteiger partial charge >= 0.3 is 0 Å². The Morgan fingerprint density at radius 3 is 3.07 bits per heavy atom. The first-order valence-electron chi connectivity index (χ1n) is 4.52. The predicted octanol–water partition coefficient (Wildman–Crippen LogP) is 2.06. The fraction of sp³-hybridized carbons (Fsp3) is 0.182. The average molecular weight is 188 g/mol. The zero-order valence-electron chi connectivity index (χ0n) is 8.03. The van der Waals surface area contributed by atoms with Gasteiger partial charge < -0.3 is 9.73 Å². The summed E-state index contributed by atoms with van der Waals surface area (Å²) in [5, 5.41) is 3.11. The quantitative estimate of drug-likeness (QED) is 0.801. The maximum absolute atomic E-state index is 5.22. The monoisotopic (exact) mass is 188 g/mol. The van der Waals surface area contributed by atoms with Crippen molar-refractivity contribution >= 4 is 0 Å². The molecule has 0 fully saturated rings. The Morgan fingerprint density at radius 2 is 2.36 bits per heavy atom. The Morgan fingerprint density at radius 1 is 1.43 bits per heavy atom. The first-order chi connectivity index (χ1) is 6.90. The first-order valence-corrected chi connectivity index (χ1v) is 4.52. The second kappa shape index (κ2) is 4.07. The third kappa shape index (κ3) is 1.83. The molecule has 0 spiro atoms. The molecule has 72 valence electrons. The van der Waals surface area contributed by atoms with E-state index in [2.05, 4.69) is 22.4 Å². The van der Waals surface area contributed by atoms with E-state index in [0.29, 0.717) is 0 Å². The van der Waals surface area contributed by atoms with Gasteiger partial charge in [-0.2, -0.15) is 0 Å². The molecule has 2 aromatic rings. The summed E-state index contributed by atoms with van der Waals surface area (Å²) >= 11 is 0. The molecule has 1 aromatic carbocycles. The number of nitrogens with one attached hydrogen (secondary N) is 1. The van der Waals surface area contributed by atoms with Crippen molar-refractivity contribution in [2.75, 3.05) is 7.05 Å². The molecule has 2 rings (SSSR count). The van der Waals surface area contributed by atoms with E-state index in [1.807, 2.05) is 19.2 Å². The highest BCUT2D eigenvalue weighted by Gasteiger charge is 2.01. The summed E-state index contributed by atoms with van der Waals surface area (Å²) < 4.78 is 5.22. The Bertz CT molecular complexity index is 395. The summed E-state index contributed by atoms with van der Waals surface area (Å²) in [6, 6.07) is 8.21. The van der Waals surface area contributed by atoms with Gasteiger partial charge in [0, 0.05) is 12.1 Å². The second-order valence-corrected chi connectivity index (χ2v) is 3.10. The molecule has 0 saturated heterocycles. The number of nitrogens with zero attached hydrogens (tertiary/aromatic N) is 1. The third-order valence-corrected chi connectivity index (χ3v) is 2.02. The highest BCUT2D eigenvalue weighted by Crippen LogP contribution is 2.19. The molecule has 14 heavy (non-hydrogen) atoms. The van der Waals surface area contributed by atoms with Gasteiger partial charge in [-0.15, -0.1) is 0 Å². The van der Waals surface area contributed by atoms with Crippen LogP contribution in [0.4, 0.5) is 0 Å². The molecule has 0 radical (unpaired) electrons. The van der Waals surface area contributed by atoms with E-state index >= 15 is 0 Å². The van der Waals surface area contributed by atoms with Crippen LogP contribution in [-0.2, 0) is 6.54 Å². The van der Waals surface area contributed by atoms with Gasteiger partial charge in [0.2, 0.25) is 0 Å². The molecule has 0 bridgehead atoms. The van der Waals surface area contributed by atoms with Crippen molar-refractivity contribution in [2.45, 2.75) is 6.54 Å². The van der Waals surface area contributed by atoms with Crippen LogP contribution in [0.1, 0.15) is 5.56 Å². The summed E-state index contributed by atoms with van der Waals surface area (Å²) in [5.41, 5.74) is 2.30. The number of hydrogen-bond acceptors (Lipinski definition) is 3. The summed E-state index contributed by atoms with van der Waals surface area (Å²) in [7, 11) is 1.93. The number of rotatable bonds is 3. The summed E-state index contributed by atoms with van der Waals surface area (Å²) in [6.07, 6.45) is 3.17. The third-order valence-electron chi connectivity index (χ3n) is 2.02. The average Bonchev–Trinajstić information content (AvgIpc) is 2.71. The van der Waals surface area contributed by atoms with Crippen molar-refractivity contribution in [1.82, 2.24) is 10.3 Å². The molecule has 0 aliphatic carbocycles. The molecule has 3 nitrogen and oxygen atoms in total. The normalized spacial score (nSPS) is 10.4. The van der Waals surface area contributed by atoms with Crippen molar-refractivity contribution in [3.63, 3.8) is 0 Å². The Hall–Kier alpha value is -1.61. The molecule has 0 aliphatic rings. The zero-order chi connectivity index (χ0) is 9.80. The lowest BCUT2D eigenvalue weighted by atomic mass is 10.1. The molecule has 0 saturated carbocycles. The van der Waals surface area contributed by atoms with Gasteiger partial charge in [-0.3, -0.25) is 0 Å². The Balaban J connectivity index is 2.31. The fourth-order valence-corrected chi connectivity index (χ4v) is 1.40. The Labute approximate surface area is 82.8 Å². The standard InChI is InChI=1S/C11H12N2O/c1-12-6-9-3-2-4-10(5-9)11-7-13-8-14-11/h2-5,7-8,12H,6H2,1H3. The van der Waals surface area contributed by atoms with E-state index in [1.165, 1.54) is 12.0 Å². The topological polar surface area (TPSA) is 38.1 Å². The van der Waals surface area contributed by atoms with E-state index in [0.717, 1.165) is 17.9 Å². The van der Waals surface area contributed by atoms with Crippen LogP contribution in [0.25, 0.3) is 11.3 Å². The van der Waals surface area contributed by atoms with Crippen LogP contribution in [-0.4, -0.2) is 12.0 Å². The number of aromatic nitrogens is 1.